The van der Waals surface area contributed by atoms with E-state index in [0.717, 1.165) is 7.11 Å². The molecule has 0 aliphatic carbocycles. The molecule has 0 rings (SSSR count). The molecule has 1 unspecified atom stereocenters. The maximum absolute atomic E-state index is 9.94. The summed E-state index contributed by atoms with van der Waals surface area (Å²) in [5.41, 5.74) is 0. The Balaban J connectivity index is 0. The van der Waals surface area contributed by atoms with Gasteiger partial charge in [0.25, 0.3) is 0 Å². The Morgan fingerprint density at radius 2 is 1.86 bits per heavy atom. The minimum atomic E-state index is -0.695. The van der Waals surface area contributed by atoms with Gasteiger partial charge in [0, 0.05) is 13.7 Å². The Morgan fingerprint density at radius 1 is 1.29 bits per heavy atom. The molecule has 7 nitrogen and oxygen atoms in total. The van der Waals surface area contributed by atoms with Gasteiger partial charge in [-0.15, -0.1) is 0 Å². The molecule has 0 aliphatic heterocycles. The van der Waals surface area contributed by atoms with Crippen molar-refractivity contribution >= 4 is 0 Å². The third-order valence-corrected chi connectivity index (χ3v) is 1.38. The summed E-state index contributed by atoms with van der Waals surface area (Å²) in [6, 6.07) is 0. The van der Waals surface area contributed by atoms with Crippen LogP contribution in [0.3, 0.4) is 0 Å². The van der Waals surface area contributed by atoms with Crippen molar-refractivity contribution in [3.8, 4) is 0 Å². The van der Waals surface area contributed by atoms with Crippen molar-refractivity contribution in [1.82, 2.24) is 0 Å². The van der Waals surface area contributed by atoms with Gasteiger partial charge in [0.1, 0.15) is 4.91 Å². The first-order valence-corrected chi connectivity index (χ1v) is 4.20. The predicted molar refractivity (Wildman–Crippen MR) is 46.5 cm³/mol. The fourth-order valence-corrected chi connectivity index (χ4v) is 0.789. The lowest BCUT2D eigenvalue weighted by molar-refractivity contribution is -0.981. The topological polar surface area (TPSA) is 110 Å². The Hall–Kier alpha value is -0.920. The van der Waals surface area contributed by atoms with Crippen molar-refractivity contribution in [3.63, 3.8) is 0 Å². The lowest BCUT2D eigenvalue weighted by Crippen LogP contribution is -2.22. The first-order chi connectivity index (χ1) is 6.70. The third kappa shape index (κ3) is 11.1. The molecule has 0 amide bonds. The zero-order valence-corrected chi connectivity index (χ0v) is 8.17. The SMILES string of the molecule is CO.O=[N+](O)OC(CO)CCCCO. The molecule has 0 aromatic rings. The number of aliphatic hydroxyl groups excluding tert-OH is 3. The van der Waals surface area contributed by atoms with E-state index in [0.29, 0.717) is 19.3 Å². The first-order valence-electron chi connectivity index (χ1n) is 4.20. The highest BCUT2D eigenvalue weighted by Crippen LogP contribution is 2.03. The van der Waals surface area contributed by atoms with E-state index in [2.05, 4.69) is 4.84 Å². The third-order valence-electron chi connectivity index (χ3n) is 1.38. The van der Waals surface area contributed by atoms with Crippen LogP contribution in [0, 0.1) is 4.91 Å². The Bertz CT molecular complexity index is 131. The van der Waals surface area contributed by atoms with Crippen LogP contribution in [-0.2, 0) is 4.84 Å². The fourth-order valence-electron chi connectivity index (χ4n) is 0.789. The number of rotatable bonds is 7. The molecule has 0 aliphatic rings. The van der Waals surface area contributed by atoms with Crippen LogP contribution in [-0.4, -0.2) is 52.0 Å². The minimum Gasteiger partial charge on any atom is -0.400 e. The highest BCUT2D eigenvalue weighted by atomic mass is 17.0. The second-order valence-electron chi connectivity index (χ2n) is 2.37. The molecule has 1 atom stereocenters. The van der Waals surface area contributed by atoms with E-state index in [1.54, 1.807) is 0 Å². The Labute approximate surface area is 82.0 Å². The Morgan fingerprint density at radius 3 is 2.21 bits per heavy atom. The van der Waals surface area contributed by atoms with E-state index in [4.69, 9.17) is 20.5 Å². The second-order valence-corrected chi connectivity index (χ2v) is 2.37. The van der Waals surface area contributed by atoms with Crippen LogP contribution in [0.2, 0.25) is 0 Å². The van der Waals surface area contributed by atoms with Gasteiger partial charge in [-0.25, -0.2) is 5.21 Å². The van der Waals surface area contributed by atoms with Crippen LogP contribution in [0.15, 0.2) is 0 Å². The normalized spacial score (nSPS) is 11.1. The molecule has 7 heteroatoms. The summed E-state index contributed by atoms with van der Waals surface area (Å²) in [6.07, 6.45) is 0.954. The van der Waals surface area contributed by atoms with E-state index >= 15 is 0 Å². The zero-order chi connectivity index (χ0) is 11.4. The van der Waals surface area contributed by atoms with Crippen LogP contribution in [0.1, 0.15) is 19.3 Å². The quantitative estimate of drug-likeness (QED) is 0.325. The highest BCUT2D eigenvalue weighted by molar-refractivity contribution is 4.53. The maximum atomic E-state index is 9.94. The molecule has 14 heavy (non-hydrogen) atoms. The lowest BCUT2D eigenvalue weighted by atomic mass is 10.2. The number of nitrogens with zero attached hydrogens (tertiary/aromatic N) is 1. The molecule has 0 aromatic heterocycles. The number of aliphatic hydroxyl groups is 3. The van der Waals surface area contributed by atoms with Gasteiger partial charge in [-0.1, -0.05) is 0 Å². The van der Waals surface area contributed by atoms with Crippen LogP contribution < -0.4 is 0 Å². The molecule has 0 bridgehead atoms. The smallest absolute Gasteiger partial charge is 0.400 e. The van der Waals surface area contributed by atoms with Crippen molar-refractivity contribution < 1.29 is 30.5 Å². The molecule has 0 heterocycles. The Kier molecular flexibility index (Phi) is 13.4. The zero-order valence-electron chi connectivity index (χ0n) is 8.17. The maximum Gasteiger partial charge on any atom is 0.475 e. The summed E-state index contributed by atoms with van der Waals surface area (Å²) in [4.78, 5) is 14.2. The van der Waals surface area contributed by atoms with Gasteiger partial charge in [0.2, 0.25) is 6.10 Å². The summed E-state index contributed by atoms with van der Waals surface area (Å²) in [7, 11) is 1.00. The van der Waals surface area contributed by atoms with Gasteiger partial charge in [-0.05, 0) is 19.3 Å². The molecule has 4 N–H and O–H groups in total. The predicted octanol–water partition coefficient (Wildman–Crippen LogP) is -0.782. The molecular weight excluding hydrogens is 194 g/mol. The van der Waals surface area contributed by atoms with Gasteiger partial charge in [0.15, 0.2) is 0 Å². The van der Waals surface area contributed by atoms with Gasteiger partial charge >= 0.3 is 5.09 Å². The average Bonchev–Trinajstić information content (AvgIpc) is 2.19. The van der Waals surface area contributed by atoms with Gasteiger partial charge in [-0.2, -0.15) is 4.84 Å². The summed E-state index contributed by atoms with van der Waals surface area (Å²) >= 11 is 0. The standard InChI is InChI=1S/C6H14NO5.CH4O/c8-4-2-1-3-6(5-9)12-7(10)11;1-2/h6,8-9H,1-5H2,(H,10,11);2H,1H3/q+1;. The first kappa shape index (κ1) is 15.5. The molecule has 0 radical (unpaired) electrons. The largest absolute Gasteiger partial charge is 0.475 e. The van der Waals surface area contributed by atoms with Gasteiger partial charge in [0.05, 0.1) is 6.61 Å². The average molecular weight is 212 g/mol. The molecule has 0 aromatic carbocycles. The van der Waals surface area contributed by atoms with E-state index in [-0.39, 0.29) is 13.2 Å². The van der Waals surface area contributed by atoms with E-state index in [1.165, 1.54) is 0 Å². The summed E-state index contributed by atoms with van der Waals surface area (Å²) in [6.45, 7) is -0.261. The van der Waals surface area contributed by atoms with Gasteiger partial charge in [-0.3, -0.25) is 0 Å². The van der Waals surface area contributed by atoms with E-state index in [9.17, 15) is 4.91 Å². The number of hydrogen-bond donors (Lipinski definition) is 4. The summed E-state index contributed by atoms with van der Waals surface area (Å²) < 4.78 is 0. The van der Waals surface area contributed by atoms with E-state index in [1.807, 2.05) is 0 Å². The molecular formula is C7H18NO6+. The van der Waals surface area contributed by atoms with Crippen molar-refractivity contribution in [1.29, 1.82) is 0 Å². The van der Waals surface area contributed by atoms with Crippen molar-refractivity contribution in [2.75, 3.05) is 20.3 Å². The van der Waals surface area contributed by atoms with Gasteiger partial charge < -0.3 is 15.3 Å². The van der Waals surface area contributed by atoms with Crippen LogP contribution >= 0.6 is 0 Å². The summed E-state index contributed by atoms with van der Waals surface area (Å²) in [5.74, 6) is 0. The molecule has 0 saturated heterocycles. The van der Waals surface area contributed by atoms with Crippen LogP contribution in [0.4, 0.5) is 0 Å². The number of hydrogen-bond acceptors (Lipinski definition) is 5. The molecule has 0 fully saturated rings. The molecule has 86 valence electrons. The van der Waals surface area contributed by atoms with Crippen molar-refractivity contribution in [3.05, 3.63) is 4.91 Å². The van der Waals surface area contributed by atoms with Crippen LogP contribution in [0.5, 0.6) is 0 Å². The van der Waals surface area contributed by atoms with Crippen LogP contribution in [0.25, 0.3) is 0 Å². The fraction of sp³-hybridized carbons (Fsp3) is 1.00. The van der Waals surface area contributed by atoms with Crippen molar-refractivity contribution in [2.45, 2.75) is 25.4 Å². The lowest BCUT2D eigenvalue weighted by Gasteiger charge is -2.04. The molecule has 0 spiro atoms. The summed E-state index contributed by atoms with van der Waals surface area (Å²) in [5, 5.41) is 31.5. The highest BCUT2D eigenvalue weighted by Gasteiger charge is 2.17. The number of unbranched alkanes of at least 4 members (excludes halogenated alkanes) is 1. The second kappa shape index (κ2) is 12.1. The van der Waals surface area contributed by atoms with E-state index < -0.39 is 11.2 Å². The minimum absolute atomic E-state index is 0.0678. The molecule has 0 saturated carbocycles. The monoisotopic (exact) mass is 212 g/mol. The van der Waals surface area contributed by atoms with Crippen molar-refractivity contribution in [2.24, 2.45) is 0 Å².